The molecule has 0 fully saturated rings. The van der Waals surface area contributed by atoms with E-state index in [1.807, 2.05) is 37.3 Å². The van der Waals surface area contributed by atoms with E-state index >= 15 is 0 Å². The van der Waals surface area contributed by atoms with Gasteiger partial charge in [0.25, 0.3) is 5.56 Å². The number of rotatable bonds is 8. The molecule has 0 aliphatic heterocycles. The Hall–Kier alpha value is -2.58. The predicted octanol–water partition coefficient (Wildman–Crippen LogP) is 4.71. The van der Waals surface area contributed by atoms with Gasteiger partial charge >= 0.3 is 0 Å². The summed E-state index contributed by atoms with van der Waals surface area (Å²) in [6.45, 7) is 1.85. The molecule has 0 spiro atoms. The zero-order valence-electron chi connectivity index (χ0n) is 15.7. The van der Waals surface area contributed by atoms with Crippen LogP contribution in [0.25, 0.3) is 0 Å². The van der Waals surface area contributed by atoms with Gasteiger partial charge in [0.15, 0.2) is 5.16 Å². The molecular formula is C21H20FN3O2S2. The van der Waals surface area contributed by atoms with Gasteiger partial charge in [0.1, 0.15) is 5.82 Å². The smallest absolute Gasteiger partial charge is 0.251 e. The van der Waals surface area contributed by atoms with E-state index in [1.54, 1.807) is 23.9 Å². The lowest BCUT2D eigenvalue weighted by Gasteiger charge is -2.14. The largest absolute Gasteiger partial charge is 0.323 e. The van der Waals surface area contributed by atoms with Crippen molar-refractivity contribution in [3.63, 3.8) is 0 Å². The molecule has 0 saturated heterocycles. The van der Waals surface area contributed by atoms with Crippen LogP contribution in [-0.4, -0.2) is 21.1 Å². The number of hydrogen-bond donors (Lipinski definition) is 2. The van der Waals surface area contributed by atoms with E-state index in [9.17, 15) is 14.0 Å². The summed E-state index contributed by atoms with van der Waals surface area (Å²) in [5.74, 6) is -0.291. The highest BCUT2D eigenvalue weighted by atomic mass is 32.2. The second-order valence-corrected chi connectivity index (χ2v) is 8.37. The van der Waals surface area contributed by atoms with Crippen molar-refractivity contribution in [1.29, 1.82) is 0 Å². The number of halogens is 1. The van der Waals surface area contributed by atoms with Crippen LogP contribution in [0.2, 0.25) is 0 Å². The van der Waals surface area contributed by atoms with Gasteiger partial charge in [0.05, 0.1) is 16.6 Å². The fourth-order valence-electron chi connectivity index (χ4n) is 2.52. The summed E-state index contributed by atoms with van der Waals surface area (Å²) in [6.07, 6.45) is 0.498. The van der Waals surface area contributed by atoms with E-state index in [1.165, 1.54) is 18.2 Å². The van der Waals surface area contributed by atoms with Gasteiger partial charge in [-0.2, -0.15) is 0 Å². The lowest BCUT2D eigenvalue weighted by atomic mass is 10.2. The molecule has 0 saturated carbocycles. The number of H-pyrrole nitrogens is 1. The van der Waals surface area contributed by atoms with Gasteiger partial charge in [-0.15, -0.1) is 11.8 Å². The maximum absolute atomic E-state index is 13.8. The average Bonchev–Trinajstić information content (AvgIpc) is 2.72. The average molecular weight is 430 g/mol. The quantitative estimate of drug-likeness (QED) is 0.401. The molecule has 0 aliphatic carbocycles. The molecular weight excluding hydrogens is 409 g/mol. The molecule has 1 unspecified atom stereocenters. The Labute approximate surface area is 176 Å². The summed E-state index contributed by atoms with van der Waals surface area (Å²) < 4.78 is 13.8. The van der Waals surface area contributed by atoms with Gasteiger partial charge in [-0.05, 0) is 30.7 Å². The van der Waals surface area contributed by atoms with Crippen LogP contribution in [0.4, 0.5) is 10.1 Å². The third-order valence-electron chi connectivity index (χ3n) is 3.95. The predicted molar refractivity (Wildman–Crippen MR) is 116 cm³/mol. The molecule has 2 N–H and O–H groups in total. The monoisotopic (exact) mass is 429 g/mol. The molecule has 3 aromatic rings. The highest BCUT2D eigenvalue weighted by Gasteiger charge is 2.20. The molecule has 3 rings (SSSR count). The lowest BCUT2D eigenvalue weighted by molar-refractivity contribution is -0.115. The van der Waals surface area contributed by atoms with Gasteiger partial charge in [-0.3, -0.25) is 9.59 Å². The first-order valence-corrected chi connectivity index (χ1v) is 10.9. The molecule has 0 radical (unpaired) electrons. The van der Waals surface area contributed by atoms with Crippen LogP contribution in [-0.2, 0) is 10.5 Å². The second kappa shape index (κ2) is 10.3. The van der Waals surface area contributed by atoms with Crippen molar-refractivity contribution < 1.29 is 9.18 Å². The van der Waals surface area contributed by atoms with E-state index in [2.05, 4.69) is 15.3 Å². The topological polar surface area (TPSA) is 74.8 Å². The Morgan fingerprint density at radius 3 is 2.62 bits per heavy atom. The van der Waals surface area contributed by atoms with E-state index < -0.39 is 11.1 Å². The van der Waals surface area contributed by atoms with Crippen molar-refractivity contribution >= 4 is 35.1 Å². The van der Waals surface area contributed by atoms with Gasteiger partial charge in [-0.1, -0.05) is 49.0 Å². The van der Waals surface area contributed by atoms with Crippen LogP contribution in [0.15, 0.2) is 75.5 Å². The number of aromatic amines is 1. The number of carbonyl (C=O) groups excluding carboxylic acids is 1. The molecule has 8 heteroatoms. The molecule has 29 heavy (non-hydrogen) atoms. The van der Waals surface area contributed by atoms with Gasteiger partial charge in [0, 0.05) is 16.7 Å². The Morgan fingerprint density at radius 1 is 1.17 bits per heavy atom. The molecule has 5 nitrogen and oxygen atoms in total. The van der Waals surface area contributed by atoms with E-state index in [0.717, 1.165) is 16.7 Å². The van der Waals surface area contributed by atoms with E-state index in [4.69, 9.17) is 0 Å². The summed E-state index contributed by atoms with van der Waals surface area (Å²) >= 11 is 2.74. The highest BCUT2D eigenvalue weighted by molar-refractivity contribution is 8.00. The summed E-state index contributed by atoms with van der Waals surface area (Å²) in [5.41, 5.74) is 0.496. The third kappa shape index (κ3) is 6.20. The number of aromatic nitrogens is 2. The summed E-state index contributed by atoms with van der Waals surface area (Å²) in [5, 5.41) is 2.45. The van der Waals surface area contributed by atoms with E-state index in [0.29, 0.717) is 23.0 Å². The molecule has 1 heterocycles. The molecule has 2 aromatic carbocycles. The van der Waals surface area contributed by atoms with Crippen molar-refractivity contribution in [2.75, 3.05) is 5.32 Å². The molecule has 0 aliphatic rings. The first kappa shape index (κ1) is 21.1. The number of nitrogens with one attached hydrogen (secondary N) is 2. The molecule has 1 amide bonds. The number of benzene rings is 2. The highest BCUT2D eigenvalue weighted by Crippen LogP contribution is 2.25. The van der Waals surface area contributed by atoms with Gasteiger partial charge in [0.2, 0.25) is 5.91 Å². The Bertz CT molecular complexity index is 1030. The van der Waals surface area contributed by atoms with Gasteiger partial charge < -0.3 is 10.3 Å². The zero-order chi connectivity index (χ0) is 20.6. The number of amides is 1. The van der Waals surface area contributed by atoms with Crippen molar-refractivity contribution in [2.45, 2.75) is 34.4 Å². The number of anilines is 1. The Balaban J connectivity index is 1.68. The van der Waals surface area contributed by atoms with Crippen molar-refractivity contribution in [1.82, 2.24) is 9.97 Å². The minimum Gasteiger partial charge on any atom is -0.323 e. The minimum absolute atomic E-state index is 0.131. The third-order valence-corrected chi connectivity index (χ3v) is 6.25. The van der Waals surface area contributed by atoms with Crippen LogP contribution in [0.1, 0.15) is 19.0 Å². The number of carbonyl (C=O) groups is 1. The molecule has 0 bridgehead atoms. The zero-order valence-corrected chi connectivity index (χ0v) is 17.4. The van der Waals surface area contributed by atoms with Crippen molar-refractivity contribution in [3.05, 3.63) is 82.5 Å². The lowest BCUT2D eigenvalue weighted by Crippen LogP contribution is -2.25. The van der Waals surface area contributed by atoms with Crippen LogP contribution < -0.4 is 10.9 Å². The fraction of sp³-hybridized carbons (Fsp3) is 0.190. The van der Waals surface area contributed by atoms with Crippen molar-refractivity contribution in [3.8, 4) is 0 Å². The Kier molecular flexibility index (Phi) is 7.48. The number of para-hydroxylation sites is 1. The van der Waals surface area contributed by atoms with Crippen LogP contribution >= 0.6 is 23.5 Å². The second-order valence-electron chi connectivity index (χ2n) is 6.13. The normalized spacial score (nSPS) is 11.8. The molecule has 150 valence electrons. The summed E-state index contributed by atoms with van der Waals surface area (Å²) in [4.78, 5) is 32.8. The fourth-order valence-corrected chi connectivity index (χ4v) is 4.26. The standard InChI is InChI=1S/C21H20FN3O2S2/c1-2-18(20(27)24-17-11-7-6-10-16(17)22)29-21-23-14(12-19(26)25-21)13-28-15-8-4-3-5-9-15/h3-12,18H,2,13H2,1H3,(H,24,27)(H,23,25,26). The molecule has 1 aromatic heterocycles. The van der Waals surface area contributed by atoms with E-state index in [-0.39, 0.29) is 17.2 Å². The number of nitrogens with zero attached hydrogens (tertiary/aromatic N) is 1. The maximum Gasteiger partial charge on any atom is 0.251 e. The van der Waals surface area contributed by atoms with Crippen LogP contribution in [0, 0.1) is 5.82 Å². The van der Waals surface area contributed by atoms with Crippen molar-refractivity contribution in [2.24, 2.45) is 0 Å². The SMILES string of the molecule is CCC(Sc1nc(CSc2ccccc2)cc(=O)[nH]1)C(=O)Nc1ccccc1F. The number of thioether (sulfide) groups is 2. The summed E-state index contributed by atoms with van der Waals surface area (Å²) in [7, 11) is 0. The van der Waals surface area contributed by atoms with Crippen LogP contribution in [0.3, 0.4) is 0 Å². The number of hydrogen-bond acceptors (Lipinski definition) is 5. The summed E-state index contributed by atoms with van der Waals surface area (Å²) in [6, 6.07) is 17.3. The van der Waals surface area contributed by atoms with Crippen LogP contribution in [0.5, 0.6) is 0 Å². The Morgan fingerprint density at radius 2 is 1.90 bits per heavy atom. The minimum atomic E-state index is -0.519. The first-order valence-electron chi connectivity index (χ1n) is 9.05. The van der Waals surface area contributed by atoms with Gasteiger partial charge in [-0.25, -0.2) is 9.37 Å². The molecule has 1 atom stereocenters. The maximum atomic E-state index is 13.8. The first-order chi connectivity index (χ1) is 14.0.